The lowest BCUT2D eigenvalue weighted by Gasteiger charge is -2.11. The summed E-state index contributed by atoms with van der Waals surface area (Å²) in [5.41, 5.74) is 5.99. The Kier molecular flexibility index (Phi) is 4.70. The van der Waals surface area contributed by atoms with E-state index >= 15 is 0 Å². The molecule has 19 heavy (non-hydrogen) atoms. The number of nitrogen functional groups attached to an aromatic ring is 1. The molecule has 3 N–H and O–H groups in total. The molecular formula is C10H12ClF3N2O2S. The van der Waals surface area contributed by atoms with Crippen LogP contribution in [-0.2, 0) is 10.0 Å². The highest BCUT2D eigenvalue weighted by molar-refractivity contribution is 7.89. The Balaban J connectivity index is 2.90. The summed E-state index contributed by atoms with van der Waals surface area (Å²) in [6.07, 6.45) is -5.66. The molecule has 0 radical (unpaired) electrons. The Bertz CT molecular complexity index is 550. The second-order valence-corrected chi connectivity index (χ2v) is 6.05. The number of hydrogen-bond acceptors (Lipinski definition) is 3. The Morgan fingerprint density at radius 1 is 1.37 bits per heavy atom. The van der Waals surface area contributed by atoms with Gasteiger partial charge in [0.15, 0.2) is 0 Å². The summed E-state index contributed by atoms with van der Waals surface area (Å²) < 4.78 is 61.2. The smallest absolute Gasteiger partial charge is 0.390 e. The van der Waals surface area contributed by atoms with Gasteiger partial charge >= 0.3 is 6.18 Å². The first-order valence-corrected chi connectivity index (χ1v) is 7.01. The van der Waals surface area contributed by atoms with Crippen LogP contribution in [0.5, 0.6) is 0 Å². The molecule has 1 rings (SSSR count). The number of rotatable bonds is 4. The summed E-state index contributed by atoms with van der Waals surface area (Å²) in [6, 6.07) is 2.35. The summed E-state index contributed by atoms with van der Waals surface area (Å²) >= 11 is 5.77. The highest BCUT2D eigenvalue weighted by Crippen LogP contribution is 2.27. The van der Waals surface area contributed by atoms with Crippen molar-refractivity contribution in [2.24, 2.45) is 0 Å². The standard InChI is InChI=1S/C10H12ClF3N2O2S/c1-6-4-7(5-8(15)9(6)11)19(17,18)16-3-2-10(12,13)14/h4-5,16H,2-3,15H2,1H3. The van der Waals surface area contributed by atoms with Crippen LogP contribution in [-0.4, -0.2) is 21.1 Å². The Labute approximate surface area is 113 Å². The van der Waals surface area contributed by atoms with Crippen molar-refractivity contribution in [1.29, 1.82) is 0 Å². The van der Waals surface area contributed by atoms with Gasteiger partial charge in [-0.2, -0.15) is 13.2 Å². The summed E-state index contributed by atoms with van der Waals surface area (Å²) in [4.78, 5) is -0.214. The van der Waals surface area contributed by atoms with E-state index < -0.39 is 29.2 Å². The zero-order valence-electron chi connectivity index (χ0n) is 9.88. The number of nitrogens with one attached hydrogen (secondary N) is 1. The van der Waals surface area contributed by atoms with Crippen molar-refractivity contribution in [3.8, 4) is 0 Å². The first-order valence-electron chi connectivity index (χ1n) is 5.15. The molecule has 0 fully saturated rings. The van der Waals surface area contributed by atoms with Gasteiger partial charge in [-0.05, 0) is 24.6 Å². The summed E-state index contributed by atoms with van der Waals surface area (Å²) in [7, 11) is -4.03. The predicted molar refractivity (Wildman–Crippen MR) is 66.5 cm³/mol. The fourth-order valence-electron chi connectivity index (χ4n) is 1.33. The molecule has 0 saturated heterocycles. The van der Waals surface area contributed by atoms with E-state index in [9.17, 15) is 21.6 Å². The number of benzene rings is 1. The molecule has 0 atom stereocenters. The van der Waals surface area contributed by atoms with Gasteiger partial charge in [0.1, 0.15) is 0 Å². The Morgan fingerprint density at radius 2 is 1.95 bits per heavy atom. The van der Waals surface area contributed by atoms with Crippen LogP contribution in [0.1, 0.15) is 12.0 Å². The maximum Gasteiger partial charge on any atom is 0.390 e. The van der Waals surface area contributed by atoms with E-state index in [0.717, 1.165) is 6.07 Å². The van der Waals surface area contributed by atoms with Gasteiger partial charge in [0, 0.05) is 6.54 Å². The van der Waals surface area contributed by atoms with Gasteiger partial charge in [-0.25, -0.2) is 13.1 Å². The molecule has 0 spiro atoms. The third-order valence-corrected chi connectivity index (χ3v) is 4.22. The summed E-state index contributed by atoms with van der Waals surface area (Å²) in [6.45, 7) is 0.820. The van der Waals surface area contributed by atoms with E-state index in [2.05, 4.69) is 0 Å². The van der Waals surface area contributed by atoms with E-state index in [1.54, 1.807) is 6.92 Å². The normalized spacial score (nSPS) is 12.7. The molecule has 0 aliphatic rings. The number of hydrogen-bond donors (Lipinski definition) is 2. The van der Waals surface area contributed by atoms with Crippen molar-refractivity contribution in [3.05, 3.63) is 22.7 Å². The highest BCUT2D eigenvalue weighted by Gasteiger charge is 2.27. The zero-order chi connectivity index (χ0) is 14.8. The highest BCUT2D eigenvalue weighted by atomic mass is 35.5. The number of anilines is 1. The van der Waals surface area contributed by atoms with E-state index in [1.165, 1.54) is 6.07 Å². The van der Waals surface area contributed by atoms with Crippen LogP contribution >= 0.6 is 11.6 Å². The third kappa shape index (κ3) is 4.55. The van der Waals surface area contributed by atoms with Crippen LogP contribution in [0.4, 0.5) is 18.9 Å². The molecule has 0 unspecified atom stereocenters. The van der Waals surface area contributed by atoms with Crippen LogP contribution in [0.25, 0.3) is 0 Å². The van der Waals surface area contributed by atoms with Crippen LogP contribution in [0.3, 0.4) is 0 Å². The van der Waals surface area contributed by atoms with Crippen LogP contribution in [0, 0.1) is 6.92 Å². The minimum Gasteiger partial charge on any atom is -0.397 e. The molecule has 0 aliphatic heterocycles. The molecular weight excluding hydrogens is 305 g/mol. The lowest BCUT2D eigenvalue weighted by molar-refractivity contribution is -0.132. The monoisotopic (exact) mass is 316 g/mol. The minimum absolute atomic E-state index is 0.0536. The fourth-order valence-corrected chi connectivity index (χ4v) is 2.59. The molecule has 0 amide bonds. The van der Waals surface area contributed by atoms with Crippen molar-refractivity contribution in [2.45, 2.75) is 24.4 Å². The van der Waals surface area contributed by atoms with Gasteiger partial charge in [0.2, 0.25) is 10.0 Å². The largest absolute Gasteiger partial charge is 0.397 e. The molecule has 1 aromatic rings. The minimum atomic E-state index is -4.42. The predicted octanol–water partition coefficient (Wildman–Crippen LogP) is 2.46. The van der Waals surface area contributed by atoms with Gasteiger partial charge in [0.25, 0.3) is 0 Å². The first kappa shape index (κ1) is 16.1. The van der Waals surface area contributed by atoms with Gasteiger partial charge in [-0.3, -0.25) is 0 Å². The molecule has 0 aromatic heterocycles. The van der Waals surface area contributed by atoms with E-state index in [1.807, 2.05) is 4.72 Å². The molecule has 0 saturated carbocycles. The number of halogens is 4. The first-order chi connectivity index (χ1) is 8.53. The molecule has 0 aliphatic carbocycles. The number of alkyl halides is 3. The molecule has 108 valence electrons. The van der Waals surface area contributed by atoms with Crippen molar-refractivity contribution in [3.63, 3.8) is 0 Å². The molecule has 4 nitrogen and oxygen atoms in total. The van der Waals surface area contributed by atoms with Gasteiger partial charge < -0.3 is 5.73 Å². The van der Waals surface area contributed by atoms with Crippen LogP contribution < -0.4 is 10.5 Å². The SMILES string of the molecule is Cc1cc(S(=O)(=O)NCCC(F)(F)F)cc(N)c1Cl. The number of sulfonamides is 1. The lowest BCUT2D eigenvalue weighted by atomic mass is 10.2. The van der Waals surface area contributed by atoms with Crippen LogP contribution in [0.2, 0.25) is 5.02 Å². The van der Waals surface area contributed by atoms with Crippen molar-refractivity contribution < 1.29 is 21.6 Å². The second kappa shape index (κ2) is 5.56. The van der Waals surface area contributed by atoms with E-state index in [4.69, 9.17) is 17.3 Å². The summed E-state index contributed by atoms with van der Waals surface area (Å²) in [5, 5.41) is 0.217. The maximum atomic E-state index is 11.9. The average molecular weight is 317 g/mol. The van der Waals surface area contributed by atoms with Gasteiger partial charge in [0.05, 0.1) is 22.0 Å². The van der Waals surface area contributed by atoms with Gasteiger partial charge in [-0.1, -0.05) is 11.6 Å². The van der Waals surface area contributed by atoms with Crippen molar-refractivity contribution >= 4 is 27.3 Å². The average Bonchev–Trinajstić information content (AvgIpc) is 2.22. The maximum absolute atomic E-state index is 11.9. The molecule has 0 bridgehead atoms. The van der Waals surface area contributed by atoms with E-state index in [-0.39, 0.29) is 15.6 Å². The summed E-state index contributed by atoms with van der Waals surface area (Å²) in [5.74, 6) is 0. The van der Waals surface area contributed by atoms with Crippen LogP contribution in [0.15, 0.2) is 17.0 Å². The Hall–Kier alpha value is -0.990. The van der Waals surface area contributed by atoms with Gasteiger partial charge in [-0.15, -0.1) is 0 Å². The fraction of sp³-hybridized carbons (Fsp3) is 0.400. The van der Waals surface area contributed by atoms with Crippen molar-refractivity contribution in [1.82, 2.24) is 4.72 Å². The zero-order valence-corrected chi connectivity index (χ0v) is 11.5. The Morgan fingerprint density at radius 3 is 2.42 bits per heavy atom. The molecule has 9 heteroatoms. The topological polar surface area (TPSA) is 72.2 Å². The molecule has 0 heterocycles. The third-order valence-electron chi connectivity index (χ3n) is 2.27. The van der Waals surface area contributed by atoms with Crippen molar-refractivity contribution in [2.75, 3.05) is 12.3 Å². The van der Waals surface area contributed by atoms with E-state index in [0.29, 0.717) is 5.56 Å². The lowest BCUT2D eigenvalue weighted by Crippen LogP contribution is -2.28. The quantitative estimate of drug-likeness (QED) is 0.838. The molecule has 1 aromatic carbocycles. The number of nitrogens with two attached hydrogens (primary N) is 1. The second-order valence-electron chi connectivity index (χ2n) is 3.91. The number of aryl methyl sites for hydroxylation is 1.